The van der Waals surface area contributed by atoms with E-state index in [2.05, 4.69) is 17.4 Å². The smallest absolute Gasteiger partial charge is 0.139 e. The predicted molar refractivity (Wildman–Crippen MR) is 62.1 cm³/mol. The predicted octanol–water partition coefficient (Wildman–Crippen LogP) is 1.68. The third kappa shape index (κ3) is 6.33. The molecule has 0 aromatic heterocycles. The lowest BCUT2D eigenvalue weighted by Crippen LogP contribution is -2.27. The highest BCUT2D eigenvalue weighted by molar-refractivity contribution is 5.79. The second kappa shape index (κ2) is 6.67. The molecular formula is C11H23N3O. The molecule has 4 N–H and O–H groups in total. The normalized spacial score (nSPS) is 19.1. The van der Waals surface area contributed by atoms with E-state index in [0.717, 1.165) is 25.3 Å². The number of rotatable bonds is 8. The van der Waals surface area contributed by atoms with Crippen LogP contribution in [-0.2, 0) is 0 Å². The SMILES string of the molecule is CC(CC1CC1)NCCCCC(N)=NO. The maximum absolute atomic E-state index is 8.33. The molecule has 1 aliphatic carbocycles. The van der Waals surface area contributed by atoms with E-state index in [1.165, 1.54) is 19.3 Å². The number of nitrogens with two attached hydrogens (primary N) is 1. The molecular weight excluding hydrogens is 190 g/mol. The molecule has 1 aliphatic rings. The Kier molecular flexibility index (Phi) is 5.47. The summed E-state index contributed by atoms with van der Waals surface area (Å²) in [7, 11) is 0. The second-order valence-electron chi connectivity index (χ2n) is 4.58. The fourth-order valence-corrected chi connectivity index (χ4v) is 1.77. The molecule has 0 aliphatic heterocycles. The number of amidine groups is 1. The van der Waals surface area contributed by atoms with Crippen LogP contribution in [0.5, 0.6) is 0 Å². The van der Waals surface area contributed by atoms with Gasteiger partial charge in [-0.3, -0.25) is 0 Å². The number of unbranched alkanes of at least 4 members (excludes halogenated alkanes) is 1. The van der Waals surface area contributed by atoms with Crippen LogP contribution in [0.25, 0.3) is 0 Å². The summed E-state index contributed by atoms with van der Waals surface area (Å²) in [6.07, 6.45) is 6.94. The summed E-state index contributed by atoms with van der Waals surface area (Å²) in [5.41, 5.74) is 5.37. The second-order valence-corrected chi connectivity index (χ2v) is 4.58. The summed E-state index contributed by atoms with van der Waals surface area (Å²) in [6.45, 7) is 3.29. The van der Waals surface area contributed by atoms with Crippen LogP contribution in [-0.4, -0.2) is 23.6 Å². The van der Waals surface area contributed by atoms with Gasteiger partial charge in [0.1, 0.15) is 5.84 Å². The zero-order chi connectivity index (χ0) is 11.1. The van der Waals surface area contributed by atoms with Gasteiger partial charge in [-0.15, -0.1) is 0 Å². The lowest BCUT2D eigenvalue weighted by Gasteiger charge is -2.12. The average Bonchev–Trinajstić information content (AvgIpc) is 3.00. The van der Waals surface area contributed by atoms with Crippen molar-refractivity contribution in [3.05, 3.63) is 0 Å². The molecule has 0 radical (unpaired) electrons. The van der Waals surface area contributed by atoms with Gasteiger partial charge < -0.3 is 16.3 Å². The highest BCUT2D eigenvalue weighted by Gasteiger charge is 2.22. The van der Waals surface area contributed by atoms with Gasteiger partial charge in [0, 0.05) is 12.5 Å². The first kappa shape index (κ1) is 12.3. The van der Waals surface area contributed by atoms with Crippen molar-refractivity contribution in [2.75, 3.05) is 6.54 Å². The Morgan fingerprint density at radius 2 is 2.27 bits per heavy atom. The molecule has 0 heterocycles. The van der Waals surface area contributed by atoms with Gasteiger partial charge in [-0.2, -0.15) is 0 Å². The van der Waals surface area contributed by atoms with Gasteiger partial charge in [-0.05, 0) is 38.6 Å². The lowest BCUT2D eigenvalue weighted by molar-refractivity contribution is 0.316. The summed E-state index contributed by atoms with van der Waals surface area (Å²) >= 11 is 0. The molecule has 1 unspecified atom stereocenters. The summed E-state index contributed by atoms with van der Waals surface area (Å²) in [6, 6.07) is 0.640. The highest BCUT2D eigenvalue weighted by Crippen LogP contribution is 2.33. The number of nitrogens with zero attached hydrogens (tertiary/aromatic N) is 1. The van der Waals surface area contributed by atoms with Gasteiger partial charge >= 0.3 is 0 Å². The molecule has 0 bridgehead atoms. The minimum Gasteiger partial charge on any atom is -0.409 e. The van der Waals surface area contributed by atoms with Crippen molar-refractivity contribution in [2.24, 2.45) is 16.8 Å². The number of hydrogen-bond donors (Lipinski definition) is 3. The van der Waals surface area contributed by atoms with Crippen LogP contribution in [0.4, 0.5) is 0 Å². The van der Waals surface area contributed by atoms with Crippen molar-refractivity contribution in [1.29, 1.82) is 0 Å². The largest absolute Gasteiger partial charge is 0.409 e. The zero-order valence-electron chi connectivity index (χ0n) is 9.58. The molecule has 1 atom stereocenters. The van der Waals surface area contributed by atoms with Crippen LogP contribution >= 0.6 is 0 Å². The first-order valence-electron chi connectivity index (χ1n) is 5.92. The molecule has 0 spiro atoms. The summed E-state index contributed by atoms with van der Waals surface area (Å²) in [5, 5.41) is 14.8. The van der Waals surface area contributed by atoms with Crippen LogP contribution < -0.4 is 11.1 Å². The van der Waals surface area contributed by atoms with E-state index < -0.39 is 0 Å². The first-order valence-corrected chi connectivity index (χ1v) is 5.92. The molecule has 4 nitrogen and oxygen atoms in total. The molecule has 0 aromatic carbocycles. The molecule has 4 heteroatoms. The van der Waals surface area contributed by atoms with Gasteiger partial charge in [0.25, 0.3) is 0 Å². The Bertz CT molecular complexity index is 202. The van der Waals surface area contributed by atoms with Crippen molar-refractivity contribution in [3.8, 4) is 0 Å². The molecule has 0 amide bonds. The summed E-state index contributed by atoms with van der Waals surface area (Å²) in [4.78, 5) is 0. The number of nitrogens with one attached hydrogen (secondary N) is 1. The molecule has 0 saturated heterocycles. The van der Waals surface area contributed by atoms with Crippen molar-refractivity contribution < 1.29 is 5.21 Å². The fourth-order valence-electron chi connectivity index (χ4n) is 1.77. The quantitative estimate of drug-likeness (QED) is 0.189. The van der Waals surface area contributed by atoms with Crippen LogP contribution in [0.3, 0.4) is 0 Å². The Balaban J connectivity index is 1.87. The van der Waals surface area contributed by atoms with Gasteiger partial charge in [0.05, 0.1) is 0 Å². The minimum absolute atomic E-state index is 0.334. The van der Waals surface area contributed by atoms with E-state index >= 15 is 0 Å². The third-order valence-corrected chi connectivity index (χ3v) is 2.86. The van der Waals surface area contributed by atoms with E-state index in [0.29, 0.717) is 18.3 Å². The maximum atomic E-state index is 8.33. The first-order chi connectivity index (χ1) is 7.22. The maximum Gasteiger partial charge on any atom is 0.139 e. The van der Waals surface area contributed by atoms with Gasteiger partial charge in [-0.25, -0.2) is 0 Å². The molecule has 15 heavy (non-hydrogen) atoms. The van der Waals surface area contributed by atoms with Crippen LogP contribution in [0.15, 0.2) is 5.16 Å². The van der Waals surface area contributed by atoms with Crippen molar-refractivity contribution in [1.82, 2.24) is 5.32 Å². The van der Waals surface area contributed by atoms with Crippen LogP contribution in [0.1, 0.15) is 45.4 Å². The lowest BCUT2D eigenvalue weighted by atomic mass is 10.1. The standard InChI is InChI=1S/C11H23N3O/c1-9(8-10-5-6-10)13-7-3-2-4-11(12)14-15/h9-10,13,15H,2-8H2,1H3,(H2,12,14). The topological polar surface area (TPSA) is 70.6 Å². The minimum atomic E-state index is 0.334. The zero-order valence-corrected chi connectivity index (χ0v) is 9.58. The van der Waals surface area contributed by atoms with Crippen LogP contribution in [0.2, 0.25) is 0 Å². The monoisotopic (exact) mass is 213 g/mol. The Morgan fingerprint density at radius 1 is 1.53 bits per heavy atom. The van der Waals surface area contributed by atoms with Gasteiger partial charge in [0.2, 0.25) is 0 Å². The Morgan fingerprint density at radius 3 is 2.87 bits per heavy atom. The summed E-state index contributed by atoms with van der Waals surface area (Å²) < 4.78 is 0. The van der Waals surface area contributed by atoms with Crippen molar-refractivity contribution in [3.63, 3.8) is 0 Å². The van der Waals surface area contributed by atoms with Crippen molar-refractivity contribution in [2.45, 2.75) is 51.5 Å². The number of oxime groups is 1. The van der Waals surface area contributed by atoms with E-state index in [-0.39, 0.29) is 0 Å². The highest BCUT2D eigenvalue weighted by atomic mass is 16.4. The Hall–Kier alpha value is -0.770. The average molecular weight is 213 g/mol. The van der Waals surface area contributed by atoms with E-state index in [4.69, 9.17) is 10.9 Å². The Labute approximate surface area is 91.9 Å². The fraction of sp³-hybridized carbons (Fsp3) is 0.909. The van der Waals surface area contributed by atoms with E-state index in [9.17, 15) is 0 Å². The molecule has 1 saturated carbocycles. The molecule has 88 valence electrons. The summed E-state index contributed by atoms with van der Waals surface area (Å²) in [5.74, 6) is 1.32. The van der Waals surface area contributed by atoms with E-state index in [1.54, 1.807) is 0 Å². The number of hydrogen-bond acceptors (Lipinski definition) is 3. The van der Waals surface area contributed by atoms with E-state index in [1.807, 2.05) is 0 Å². The van der Waals surface area contributed by atoms with Crippen LogP contribution in [0, 0.1) is 5.92 Å². The van der Waals surface area contributed by atoms with Crippen molar-refractivity contribution >= 4 is 5.84 Å². The van der Waals surface area contributed by atoms with Gasteiger partial charge in [-0.1, -0.05) is 18.0 Å². The third-order valence-electron chi connectivity index (χ3n) is 2.86. The molecule has 0 aromatic rings. The van der Waals surface area contributed by atoms with Gasteiger partial charge in [0.15, 0.2) is 0 Å². The molecule has 1 fully saturated rings. The molecule has 1 rings (SSSR count).